The maximum atomic E-state index is 12.2. The quantitative estimate of drug-likeness (QED) is 0.851. The highest BCUT2D eigenvalue weighted by atomic mass is 35.5. The van der Waals surface area contributed by atoms with Crippen LogP contribution in [0.25, 0.3) is 0 Å². The van der Waals surface area contributed by atoms with Crippen molar-refractivity contribution < 1.29 is 4.79 Å². The van der Waals surface area contributed by atoms with Crippen molar-refractivity contribution in [2.45, 2.75) is 38.6 Å². The monoisotopic (exact) mass is 269 g/mol. The summed E-state index contributed by atoms with van der Waals surface area (Å²) in [6, 6.07) is 0.222. The molecule has 1 aliphatic carbocycles. The van der Waals surface area contributed by atoms with Gasteiger partial charge in [-0.15, -0.1) is 11.6 Å². The zero-order chi connectivity index (χ0) is 13.1. The van der Waals surface area contributed by atoms with Crippen LogP contribution in [0.5, 0.6) is 0 Å². The van der Waals surface area contributed by atoms with Gasteiger partial charge in [-0.05, 0) is 25.2 Å². The van der Waals surface area contributed by atoms with Crippen LogP contribution in [-0.4, -0.2) is 27.6 Å². The zero-order valence-electron chi connectivity index (χ0n) is 10.9. The third-order valence-corrected chi connectivity index (χ3v) is 4.05. The third kappa shape index (κ3) is 2.69. The summed E-state index contributed by atoms with van der Waals surface area (Å²) in [5.41, 5.74) is 1.55. The van der Waals surface area contributed by atoms with E-state index in [0.29, 0.717) is 17.4 Å². The molecule has 0 aliphatic heterocycles. The maximum absolute atomic E-state index is 12.2. The van der Waals surface area contributed by atoms with E-state index in [1.165, 1.54) is 0 Å². The molecule has 1 N–H and O–H groups in total. The first-order valence-corrected chi connectivity index (χ1v) is 7.08. The van der Waals surface area contributed by atoms with Crippen LogP contribution in [0.15, 0.2) is 6.20 Å². The van der Waals surface area contributed by atoms with Crippen molar-refractivity contribution in [1.29, 1.82) is 0 Å². The summed E-state index contributed by atoms with van der Waals surface area (Å²) < 4.78 is 1.70. The normalized spacial score (nSPS) is 23.3. The minimum absolute atomic E-state index is 0.0121. The topological polar surface area (TPSA) is 46.9 Å². The predicted octanol–water partition coefficient (Wildman–Crippen LogP) is 2.12. The second-order valence-electron chi connectivity index (χ2n) is 4.94. The maximum Gasteiger partial charge on any atom is 0.254 e. The summed E-state index contributed by atoms with van der Waals surface area (Å²) in [5.74, 6) is 1.03. The number of carbonyl (C=O) groups excluding carboxylic acids is 1. The van der Waals surface area contributed by atoms with E-state index in [2.05, 4.69) is 10.4 Å². The van der Waals surface area contributed by atoms with Gasteiger partial charge in [0.25, 0.3) is 5.91 Å². The number of hydrogen-bond acceptors (Lipinski definition) is 2. The molecule has 0 saturated heterocycles. The Morgan fingerprint density at radius 2 is 2.39 bits per heavy atom. The molecule has 1 fully saturated rings. The smallest absolute Gasteiger partial charge is 0.254 e. The van der Waals surface area contributed by atoms with Gasteiger partial charge in [0.15, 0.2) is 0 Å². The van der Waals surface area contributed by atoms with Gasteiger partial charge in [0.1, 0.15) is 0 Å². The van der Waals surface area contributed by atoms with Crippen LogP contribution in [0.3, 0.4) is 0 Å². The van der Waals surface area contributed by atoms with Crippen LogP contribution in [0, 0.1) is 5.92 Å². The van der Waals surface area contributed by atoms with Crippen molar-refractivity contribution in [3.8, 4) is 0 Å². The van der Waals surface area contributed by atoms with Crippen molar-refractivity contribution in [3.63, 3.8) is 0 Å². The van der Waals surface area contributed by atoms with Crippen LogP contribution >= 0.6 is 11.6 Å². The number of aryl methyl sites for hydroxylation is 2. The number of nitrogens with one attached hydrogen (secondary N) is 1. The molecule has 2 atom stereocenters. The number of nitrogens with zero attached hydrogens (tertiary/aromatic N) is 2. The van der Waals surface area contributed by atoms with Crippen LogP contribution in [0.1, 0.15) is 42.2 Å². The Morgan fingerprint density at radius 1 is 1.61 bits per heavy atom. The molecule has 0 bridgehead atoms. The van der Waals surface area contributed by atoms with Crippen LogP contribution in [-0.2, 0) is 13.5 Å². The summed E-state index contributed by atoms with van der Waals surface area (Å²) in [5, 5.41) is 7.40. The summed E-state index contributed by atoms with van der Waals surface area (Å²) in [6.45, 7) is 2.01. The van der Waals surface area contributed by atoms with Gasteiger partial charge in [0.2, 0.25) is 0 Å². The fourth-order valence-electron chi connectivity index (χ4n) is 2.64. The van der Waals surface area contributed by atoms with E-state index in [1.807, 2.05) is 14.0 Å². The molecular formula is C13H20ClN3O. The third-order valence-electron chi connectivity index (χ3n) is 3.66. The molecule has 0 radical (unpaired) electrons. The number of alkyl halides is 1. The first-order chi connectivity index (χ1) is 8.65. The molecule has 1 aromatic rings. The molecule has 1 saturated carbocycles. The second-order valence-corrected chi connectivity index (χ2v) is 5.25. The van der Waals surface area contributed by atoms with Crippen molar-refractivity contribution in [3.05, 3.63) is 17.5 Å². The Bertz CT molecular complexity index is 430. The number of rotatable bonds is 4. The van der Waals surface area contributed by atoms with Crippen molar-refractivity contribution in [1.82, 2.24) is 15.1 Å². The summed E-state index contributed by atoms with van der Waals surface area (Å²) in [6.07, 6.45) is 5.86. The highest BCUT2D eigenvalue weighted by molar-refractivity contribution is 6.18. The van der Waals surface area contributed by atoms with Crippen LogP contribution in [0.2, 0.25) is 0 Å². The van der Waals surface area contributed by atoms with Gasteiger partial charge in [-0.1, -0.05) is 13.3 Å². The lowest BCUT2D eigenvalue weighted by molar-refractivity contribution is 0.0929. The fraction of sp³-hybridized carbons (Fsp3) is 0.692. The van der Waals surface area contributed by atoms with Crippen LogP contribution in [0.4, 0.5) is 0 Å². The molecule has 0 aromatic carbocycles. The van der Waals surface area contributed by atoms with E-state index in [0.717, 1.165) is 31.4 Å². The molecule has 0 spiro atoms. The Balaban J connectivity index is 2.07. The lowest BCUT2D eigenvalue weighted by atomic mass is 10.1. The van der Waals surface area contributed by atoms with Crippen molar-refractivity contribution in [2.75, 3.05) is 5.88 Å². The van der Waals surface area contributed by atoms with Crippen LogP contribution < -0.4 is 5.32 Å². The van der Waals surface area contributed by atoms with E-state index in [-0.39, 0.29) is 11.9 Å². The lowest BCUT2D eigenvalue weighted by Crippen LogP contribution is -2.38. The number of amides is 1. The lowest BCUT2D eigenvalue weighted by Gasteiger charge is -2.18. The Hall–Kier alpha value is -1.03. The molecule has 1 amide bonds. The van der Waals surface area contributed by atoms with Gasteiger partial charge < -0.3 is 5.32 Å². The van der Waals surface area contributed by atoms with Crippen molar-refractivity contribution >= 4 is 17.5 Å². The van der Waals surface area contributed by atoms with E-state index in [4.69, 9.17) is 11.6 Å². The average molecular weight is 270 g/mol. The summed E-state index contributed by atoms with van der Waals surface area (Å²) >= 11 is 5.93. The minimum Gasteiger partial charge on any atom is -0.349 e. The molecular weight excluding hydrogens is 250 g/mol. The largest absolute Gasteiger partial charge is 0.349 e. The molecule has 1 aliphatic rings. The second kappa shape index (κ2) is 5.74. The molecule has 5 heteroatoms. The van der Waals surface area contributed by atoms with Gasteiger partial charge in [-0.3, -0.25) is 9.48 Å². The fourth-order valence-corrected chi connectivity index (χ4v) is 3.01. The molecule has 1 heterocycles. The van der Waals surface area contributed by atoms with Gasteiger partial charge in [-0.25, -0.2) is 0 Å². The van der Waals surface area contributed by atoms with E-state index in [1.54, 1.807) is 10.9 Å². The molecule has 100 valence electrons. The number of halogens is 1. The first-order valence-electron chi connectivity index (χ1n) is 6.55. The SMILES string of the molecule is CCc1nn(C)cc1C(=O)NC1CCCC1CCl. The standard InChI is InChI=1S/C13H20ClN3O/c1-3-11-10(8-17(2)16-11)13(18)15-12-6-4-5-9(12)7-14/h8-9,12H,3-7H2,1-2H3,(H,15,18). The zero-order valence-corrected chi connectivity index (χ0v) is 11.7. The molecule has 4 nitrogen and oxygen atoms in total. The molecule has 2 rings (SSSR count). The van der Waals surface area contributed by atoms with Crippen molar-refractivity contribution in [2.24, 2.45) is 13.0 Å². The van der Waals surface area contributed by atoms with Gasteiger partial charge >= 0.3 is 0 Å². The van der Waals surface area contributed by atoms with Gasteiger partial charge in [0.05, 0.1) is 11.3 Å². The number of carbonyl (C=O) groups is 1. The summed E-state index contributed by atoms with van der Waals surface area (Å²) in [4.78, 5) is 12.2. The van der Waals surface area contributed by atoms with E-state index in [9.17, 15) is 4.79 Å². The van der Waals surface area contributed by atoms with E-state index >= 15 is 0 Å². The van der Waals surface area contributed by atoms with Gasteiger partial charge in [0, 0.05) is 25.2 Å². The Morgan fingerprint density at radius 3 is 3.06 bits per heavy atom. The predicted molar refractivity (Wildman–Crippen MR) is 71.9 cm³/mol. The number of aromatic nitrogens is 2. The molecule has 1 aromatic heterocycles. The highest BCUT2D eigenvalue weighted by Crippen LogP contribution is 2.27. The van der Waals surface area contributed by atoms with E-state index < -0.39 is 0 Å². The summed E-state index contributed by atoms with van der Waals surface area (Å²) in [7, 11) is 1.84. The highest BCUT2D eigenvalue weighted by Gasteiger charge is 2.28. The first kappa shape index (κ1) is 13.4. The van der Waals surface area contributed by atoms with Gasteiger partial charge in [-0.2, -0.15) is 5.10 Å². The Kier molecular flexibility index (Phi) is 4.27. The molecule has 2 unspecified atom stereocenters. The molecule has 18 heavy (non-hydrogen) atoms. The Labute approximate surface area is 113 Å². The minimum atomic E-state index is -0.0121. The number of hydrogen-bond donors (Lipinski definition) is 1. The average Bonchev–Trinajstić information content (AvgIpc) is 2.94.